The fraction of sp³-hybridized carbons (Fsp3) is 0.889. The van der Waals surface area contributed by atoms with Gasteiger partial charge in [-0.2, -0.15) is 0 Å². The van der Waals surface area contributed by atoms with Crippen LogP contribution in [-0.2, 0) is 0 Å². The fourth-order valence-corrected chi connectivity index (χ4v) is 1.46. The molecule has 0 aromatic heterocycles. The Kier molecular flexibility index (Phi) is 2.31. The van der Waals surface area contributed by atoms with Gasteiger partial charge < -0.3 is 10.2 Å². The number of nitrogens with zero attached hydrogens (tertiary/aromatic N) is 1. The molecule has 0 saturated carbocycles. The zero-order valence-electron chi connectivity index (χ0n) is 8.35. The number of hydrogen-bond donors (Lipinski definition) is 1. The van der Waals surface area contributed by atoms with E-state index in [1.165, 1.54) is 0 Å². The van der Waals surface area contributed by atoms with Crippen LogP contribution in [0.1, 0.15) is 27.2 Å². The maximum atomic E-state index is 11.4. The number of amides is 2. The monoisotopic (exact) mass is 170 g/mol. The minimum Gasteiger partial charge on any atom is -0.338 e. The number of rotatable bonds is 0. The van der Waals surface area contributed by atoms with Crippen LogP contribution < -0.4 is 5.32 Å². The fourth-order valence-electron chi connectivity index (χ4n) is 1.46. The number of urea groups is 1. The normalized spacial score (nSPS) is 29.5. The highest BCUT2D eigenvalue weighted by Gasteiger charge is 2.35. The minimum atomic E-state index is -0.0272. The van der Waals surface area contributed by atoms with Crippen molar-refractivity contribution >= 4 is 6.03 Å². The van der Waals surface area contributed by atoms with Crippen LogP contribution in [0.15, 0.2) is 0 Å². The summed E-state index contributed by atoms with van der Waals surface area (Å²) < 4.78 is 0. The van der Waals surface area contributed by atoms with Crippen LogP contribution in [0.3, 0.4) is 0 Å². The first-order chi connectivity index (χ1) is 5.46. The molecule has 1 heterocycles. The van der Waals surface area contributed by atoms with Gasteiger partial charge in [0, 0.05) is 19.1 Å². The van der Waals surface area contributed by atoms with Crippen molar-refractivity contribution in [1.29, 1.82) is 0 Å². The van der Waals surface area contributed by atoms with E-state index < -0.39 is 0 Å². The quantitative estimate of drug-likeness (QED) is 0.586. The largest absolute Gasteiger partial charge is 0.338 e. The Labute approximate surface area is 74.1 Å². The first kappa shape index (κ1) is 9.36. The molecule has 70 valence electrons. The highest BCUT2D eigenvalue weighted by molar-refractivity contribution is 5.75. The summed E-state index contributed by atoms with van der Waals surface area (Å²) in [5.74, 6) is 0.543. The molecule has 0 spiro atoms. The van der Waals surface area contributed by atoms with E-state index in [1.807, 2.05) is 7.05 Å². The number of nitrogens with one attached hydrogen (secondary N) is 1. The van der Waals surface area contributed by atoms with Crippen molar-refractivity contribution in [2.75, 3.05) is 13.6 Å². The Morgan fingerprint density at radius 1 is 1.58 bits per heavy atom. The highest BCUT2D eigenvalue weighted by atomic mass is 16.2. The molecular weight excluding hydrogens is 152 g/mol. The molecule has 1 saturated heterocycles. The summed E-state index contributed by atoms with van der Waals surface area (Å²) in [5, 5.41) is 2.87. The molecule has 0 radical (unpaired) electrons. The van der Waals surface area contributed by atoms with Gasteiger partial charge in [-0.3, -0.25) is 0 Å². The summed E-state index contributed by atoms with van der Waals surface area (Å²) >= 11 is 0. The lowest BCUT2D eigenvalue weighted by atomic mass is 9.86. The third-order valence-electron chi connectivity index (χ3n) is 3.23. The molecule has 0 aromatic carbocycles. The van der Waals surface area contributed by atoms with E-state index in [2.05, 4.69) is 26.1 Å². The van der Waals surface area contributed by atoms with E-state index in [4.69, 9.17) is 0 Å². The minimum absolute atomic E-state index is 0.0272. The Morgan fingerprint density at radius 2 is 2.17 bits per heavy atom. The van der Waals surface area contributed by atoms with Crippen molar-refractivity contribution in [2.24, 2.45) is 5.92 Å². The van der Waals surface area contributed by atoms with Gasteiger partial charge in [0.1, 0.15) is 0 Å². The van der Waals surface area contributed by atoms with Crippen molar-refractivity contribution in [3.63, 3.8) is 0 Å². The molecule has 3 heteroatoms. The van der Waals surface area contributed by atoms with Gasteiger partial charge >= 0.3 is 6.03 Å². The summed E-state index contributed by atoms with van der Waals surface area (Å²) in [6.07, 6.45) is 1.06. The molecular formula is C9H18N2O. The summed E-state index contributed by atoms with van der Waals surface area (Å²) in [6, 6.07) is 0.0457. The molecule has 1 unspecified atom stereocenters. The molecule has 2 amide bonds. The van der Waals surface area contributed by atoms with Crippen LogP contribution in [0.5, 0.6) is 0 Å². The Bertz CT molecular complexity index is 189. The average molecular weight is 170 g/mol. The van der Waals surface area contributed by atoms with E-state index in [0.29, 0.717) is 5.92 Å². The first-order valence-electron chi connectivity index (χ1n) is 4.48. The second-order valence-corrected chi connectivity index (χ2v) is 4.13. The Hall–Kier alpha value is -0.730. The van der Waals surface area contributed by atoms with Gasteiger partial charge in [0.15, 0.2) is 0 Å². The predicted octanol–water partition coefficient (Wildman–Crippen LogP) is 1.45. The second kappa shape index (κ2) is 2.96. The SMILES string of the molecule is CC1CCNC(=O)N(C)C1(C)C. The van der Waals surface area contributed by atoms with E-state index in [-0.39, 0.29) is 11.6 Å². The number of carbonyl (C=O) groups excluding carboxylic acids is 1. The topological polar surface area (TPSA) is 32.3 Å². The van der Waals surface area contributed by atoms with Crippen LogP contribution in [0.4, 0.5) is 4.79 Å². The van der Waals surface area contributed by atoms with Crippen LogP contribution in [0, 0.1) is 5.92 Å². The lowest BCUT2D eigenvalue weighted by Gasteiger charge is -2.37. The molecule has 1 aliphatic rings. The molecule has 1 atom stereocenters. The van der Waals surface area contributed by atoms with E-state index in [9.17, 15) is 4.79 Å². The lowest BCUT2D eigenvalue weighted by molar-refractivity contribution is 0.128. The Morgan fingerprint density at radius 3 is 2.75 bits per heavy atom. The summed E-state index contributed by atoms with van der Waals surface area (Å²) in [6.45, 7) is 7.22. The molecule has 3 nitrogen and oxygen atoms in total. The molecule has 1 fully saturated rings. The van der Waals surface area contributed by atoms with Crippen molar-refractivity contribution < 1.29 is 4.79 Å². The van der Waals surface area contributed by atoms with Gasteiger partial charge in [0.2, 0.25) is 0 Å². The molecule has 1 rings (SSSR count). The van der Waals surface area contributed by atoms with Crippen molar-refractivity contribution in [1.82, 2.24) is 10.2 Å². The van der Waals surface area contributed by atoms with Crippen LogP contribution in [0.25, 0.3) is 0 Å². The van der Waals surface area contributed by atoms with Gasteiger partial charge in [0.05, 0.1) is 0 Å². The van der Waals surface area contributed by atoms with Crippen molar-refractivity contribution in [2.45, 2.75) is 32.7 Å². The molecule has 0 bridgehead atoms. The average Bonchev–Trinajstić information content (AvgIpc) is 2.07. The zero-order chi connectivity index (χ0) is 9.35. The van der Waals surface area contributed by atoms with E-state index in [0.717, 1.165) is 13.0 Å². The maximum absolute atomic E-state index is 11.4. The van der Waals surface area contributed by atoms with Gasteiger partial charge in [-0.1, -0.05) is 6.92 Å². The third-order valence-corrected chi connectivity index (χ3v) is 3.23. The lowest BCUT2D eigenvalue weighted by Crippen LogP contribution is -2.49. The van der Waals surface area contributed by atoms with Crippen LogP contribution in [-0.4, -0.2) is 30.1 Å². The number of carbonyl (C=O) groups is 1. The molecule has 0 aromatic rings. The van der Waals surface area contributed by atoms with Crippen LogP contribution in [0.2, 0.25) is 0 Å². The maximum Gasteiger partial charge on any atom is 0.317 e. The molecule has 1 N–H and O–H groups in total. The predicted molar refractivity (Wildman–Crippen MR) is 49.0 cm³/mol. The highest BCUT2D eigenvalue weighted by Crippen LogP contribution is 2.27. The van der Waals surface area contributed by atoms with Gasteiger partial charge in [0.25, 0.3) is 0 Å². The zero-order valence-corrected chi connectivity index (χ0v) is 8.35. The van der Waals surface area contributed by atoms with Gasteiger partial charge in [-0.15, -0.1) is 0 Å². The second-order valence-electron chi connectivity index (χ2n) is 4.13. The Balaban J connectivity index is 2.85. The van der Waals surface area contributed by atoms with Gasteiger partial charge in [-0.25, -0.2) is 4.79 Å². The van der Waals surface area contributed by atoms with Crippen LogP contribution >= 0.6 is 0 Å². The summed E-state index contributed by atoms with van der Waals surface area (Å²) in [5.41, 5.74) is -0.0272. The van der Waals surface area contributed by atoms with Crippen molar-refractivity contribution in [3.8, 4) is 0 Å². The summed E-state index contributed by atoms with van der Waals surface area (Å²) in [4.78, 5) is 13.2. The first-order valence-corrected chi connectivity index (χ1v) is 4.48. The molecule has 12 heavy (non-hydrogen) atoms. The smallest absolute Gasteiger partial charge is 0.317 e. The summed E-state index contributed by atoms with van der Waals surface area (Å²) in [7, 11) is 1.86. The van der Waals surface area contributed by atoms with Crippen molar-refractivity contribution in [3.05, 3.63) is 0 Å². The third kappa shape index (κ3) is 1.40. The molecule has 0 aliphatic carbocycles. The van der Waals surface area contributed by atoms with E-state index in [1.54, 1.807) is 4.90 Å². The molecule has 1 aliphatic heterocycles. The number of hydrogen-bond acceptors (Lipinski definition) is 1. The van der Waals surface area contributed by atoms with E-state index >= 15 is 0 Å². The van der Waals surface area contributed by atoms with Gasteiger partial charge in [-0.05, 0) is 26.2 Å². The standard InChI is InChI=1S/C9H18N2O/c1-7-5-6-10-8(12)11(4)9(7,2)3/h7H,5-6H2,1-4H3,(H,10,12).